The van der Waals surface area contributed by atoms with Crippen LogP contribution in [-0.2, 0) is 30.6 Å². The molecule has 0 unspecified atom stereocenters. The standard InChI is InChI=1S/C20H24FN5OS/c1-3-16-22-17-18(25(16)2)23-20(24-19(17)26-8-10-27-11-9-26)28-13-15-6-4-14(12-21)5-7-15/h4-7H,3,8-13H2,1-2H3. The predicted molar refractivity (Wildman–Crippen MR) is 110 cm³/mol. The maximum atomic E-state index is 12.7. The van der Waals surface area contributed by atoms with Gasteiger partial charge in [0.15, 0.2) is 22.1 Å². The van der Waals surface area contributed by atoms with Crippen molar-refractivity contribution in [2.75, 3.05) is 31.2 Å². The molecule has 6 nitrogen and oxygen atoms in total. The van der Waals surface area contributed by atoms with E-state index in [0.717, 1.165) is 58.8 Å². The van der Waals surface area contributed by atoms with Gasteiger partial charge in [-0.15, -0.1) is 0 Å². The molecule has 1 aliphatic heterocycles. The Morgan fingerprint density at radius 2 is 1.79 bits per heavy atom. The third-order valence-electron chi connectivity index (χ3n) is 4.94. The van der Waals surface area contributed by atoms with Crippen LogP contribution < -0.4 is 4.90 Å². The second-order valence-corrected chi connectivity index (χ2v) is 7.72. The van der Waals surface area contributed by atoms with E-state index in [-0.39, 0.29) is 0 Å². The SMILES string of the molecule is CCc1nc2c(N3CCOCC3)nc(SCc3ccc(CF)cc3)nc2n1C. The molecule has 1 aromatic carbocycles. The number of thioether (sulfide) groups is 1. The third-order valence-corrected chi connectivity index (χ3v) is 5.86. The zero-order chi connectivity index (χ0) is 19.5. The average molecular weight is 402 g/mol. The molecular formula is C20H24FN5OS. The molecular weight excluding hydrogens is 377 g/mol. The van der Waals surface area contributed by atoms with Gasteiger partial charge >= 0.3 is 0 Å². The van der Waals surface area contributed by atoms with E-state index >= 15 is 0 Å². The Morgan fingerprint density at radius 3 is 2.46 bits per heavy atom. The van der Waals surface area contributed by atoms with Gasteiger partial charge in [0.2, 0.25) is 0 Å². The normalized spacial score (nSPS) is 14.8. The molecule has 0 N–H and O–H groups in total. The van der Waals surface area contributed by atoms with Gasteiger partial charge in [-0.05, 0) is 11.1 Å². The lowest BCUT2D eigenvalue weighted by molar-refractivity contribution is 0.122. The van der Waals surface area contributed by atoms with E-state index in [0.29, 0.717) is 18.8 Å². The van der Waals surface area contributed by atoms with Crippen LogP contribution in [0.3, 0.4) is 0 Å². The van der Waals surface area contributed by atoms with Crippen molar-refractivity contribution in [2.24, 2.45) is 7.05 Å². The monoisotopic (exact) mass is 401 g/mol. The van der Waals surface area contributed by atoms with Gasteiger partial charge in [0, 0.05) is 32.3 Å². The number of aryl methyl sites for hydroxylation is 2. The molecule has 3 heterocycles. The zero-order valence-corrected chi connectivity index (χ0v) is 17.0. The third kappa shape index (κ3) is 3.84. The second-order valence-electron chi connectivity index (χ2n) is 6.78. The first-order valence-corrected chi connectivity index (χ1v) is 10.5. The molecule has 0 aliphatic carbocycles. The van der Waals surface area contributed by atoms with Gasteiger partial charge in [0.05, 0.1) is 13.2 Å². The molecule has 148 valence electrons. The minimum absolute atomic E-state index is 0.434. The number of aromatic nitrogens is 4. The topological polar surface area (TPSA) is 56.1 Å². The summed E-state index contributed by atoms with van der Waals surface area (Å²) in [6.07, 6.45) is 0.846. The summed E-state index contributed by atoms with van der Waals surface area (Å²) in [5.74, 6) is 2.63. The first-order valence-electron chi connectivity index (χ1n) is 9.52. The van der Waals surface area contributed by atoms with Crippen LogP contribution in [0.25, 0.3) is 11.2 Å². The fourth-order valence-electron chi connectivity index (χ4n) is 3.32. The van der Waals surface area contributed by atoms with Gasteiger partial charge in [-0.1, -0.05) is 43.0 Å². The Kier molecular flexibility index (Phi) is 5.77. The molecule has 0 amide bonds. The number of alkyl halides is 1. The van der Waals surface area contributed by atoms with Crippen LogP contribution >= 0.6 is 11.8 Å². The number of anilines is 1. The Morgan fingerprint density at radius 1 is 1.07 bits per heavy atom. The summed E-state index contributed by atoms with van der Waals surface area (Å²) < 4.78 is 20.3. The quantitative estimate of drug-likeness (QED) is 0.465. The predicted octanol–water partition coefficient (Wildman–Crippen LogP) is 3.52. The summed E-state index contributed by atoms with van der Waals surface area (Å²) >= 11 is 1.59. The number of morpholine rings is 1. The van der Waals surface area contributed by atoms with Gasteiger partial charge in [-0.25, -0.2) is 19.3 Å². The highest BCUT2D eigenvalue weighted by atomic mass is 32.2. The molecule has 3 aromatic rings. The molecule has 1 aliphatic rings. The van der Waals surface area contributed by atoms with Crippen LogP contribution in [0.1, 0.15) is 23.9 Å². The molecule has 4 rings (SSSR count). The van der Waals surface area contributed by atoms with Crippen molar-refractivity contribution in [1.29, 1.82) is 0 Å². The lowest BCUT2D eigenvalue weighted by Gasteiger charge is -2.28. The molecule has 0 radical (unpaired) electrons. The molecule has 0 atom stereocenters. The van der Waals surface area contributed by atoms with Crippen molar-refractivity contribution in [2.45, 2.75) is 30.9 Å². The number of nitrogens with zero attached hydrogens (tertiary/aromatic N) is 5. The molecule has 2 aromatic heterocycles. The molecule has 0 spiro atoms. The van der Waals surface area contributed by atoms with E-state index in [2.05, 4.69) is 16.4 Å². The van der Waals surface area contributed by atoms with E-state index < -0.39 is 6.67 Å². The van der Waals surface area contributed by atoms with Crippen LogP contribution in [0.15, 0.2) is 29.4 Å². The lowest BCUT2D eigenvalue weighted by Crippen LogP contribution is -2.37. The van der Waals surface area contributed by atoms with Crippen LogP contribution in [0.4, 0.5) is 10.2 Å². The first-order chi connectivity index (χ1) is 13.7. The Labute approximate surface area is 168 Å². The van der Waals surface area contributed by atoms with Gasteiger partial charge in [0.1, 0.15) is 12.5 Å². The van der Waals surface area contributed by atoms with Gasteiger partial charge < -0.3 is 14.2 Å². The van der Waals surface area contributed by atoms with Crippen molar-refractivity contribution in [3.63, 3.8) is 0 Å². The van der Waals surface area contributed by atoms with Crippen molar-refractivity contribution in [3.05, 3.63) is 41.2 Å². The second kappa shape index (κ2) is 8.45. The number of benzene rings is 1. The van der Waals surface area contributed by atoms with Crippen molar-refractivity contribution >= 4 is 28.7 Å². The summed E-state index contributed by atoms with van der Waals surface area (Å²) in [5, 5.41) is 0.731. The Hall–Kier alpha value is -2.19. The van der Waals surface area contributed by atoms with Gasteiger partial charge in [-0.3, -0.25) is 0 Å². The fraction of sp³-hybridized carbons (Fsp3) is 0.450. The maximum Gasteiger partial charge on any atom is 0.191 e. The minimum Gasteiger partial charge on any atom is -0.378 e. The zero-order valence-electron chi connectivity index (χ0n) is 16.2. The smallest absolute Gasteiger partial charge is 0.191 e. The number of imidazole rings is 1. The van der Waals surface area contributed by atoms with E-state index in [1.54, 1.807) is 11.8 Å². The maximum absolute atomic E-state index is 12.7. The molecule has 1 saturated heterocycles. The lowest BCUT2D eigenvalue weighted by atomic mass is 10.2. The highest BCUT2D eigenvalue weighted by Gasteiger charge is 2.21. The summed E-state index contributed by atoms with van der Waals surface area (Å²) in [7, 11) is 2.01. The highest BCUT2D eigenvalue weighted by molar-refractivity contribution is 7.98. The largest absolute Gasteiger partial charge is 0.378 e. The minimum atomic E-state index is -0.434. The van der Waals surface area contributed by atoms with E-state index in [1.807, 2.05) is 31.3 Å². The van der Waals surface area contributed by atoms with Gasteiger partial charge in [-0.2, -0.15) is 0 Å². The molecule has 28 heavy (non-hydrogen) atoms. The van der Waals surface area contributed by atoms with Crippen LogP contribution in [-0.4, -0.2) is 45.8 Å². The van der Waals surface area contributed by atoms with E-state index in [1.165, 1.54) is 0 Å². The summed E-state index contributed by atoms with van der Waals surface area (Å²) in [4.78, 5) is 16.7. The van der Waals surface area contributed by atoms with E-state index in [9.17, 15) is 4.39 Å². The first kappa shape index (κ1) is 19.1. The molecule has 8 heteroatoms. The number of hydrogen-bond acceptors (Lipinski definition) is 6. The van der Waals surface area contributed by atoms with Crippen LogP contribution in [0, 0.1) is 0 Å². The van der Waals surface area contributed by atoms with Crippen LogP contribution in [0.2, 0.25) is 0 Å². The number of fused-ring (bicyclic) bond motifs is 1. The summed E-state index contributed by atoms with van der Waals surface area (Å²) in [6.45, 7) is 4.67. The Balaban J connectivity index is 1.66. The van der Waals surface area contributed by atoms with Crippen molar-refractivity contribution in [1.82, 2.24) is 19.5 Å². The van der Waals surface area contributed by atoms with Crippen molar-refractivity contribution < 1.29 is 9.13 Å². The summed E-state index contributed by atoms with van der Waals surface area (Å²) in [6, 6.07) is 7.58. The molecule has 1 fully saturated rings. The highest BCUT2D eigenvalue weighted by Crippen LogP contribution is 2.29. The number of hydrogen-bond donors (Lipinski definition) is 0. The van der Waals surface area contributed by atoms with Gasteiger partial charge in [0.25, 0.3) is 0 Å². The van der Waals surface area contributed by atoms with Crippen LogP contribution in [0.5, 0.6) is 0 Å². The average Bonchev–Trinajstić information content (AvgIpc) is 3.08. The van der Waals surface area contributed by atoms with Crippen molar-refractivity contribution in [3.8, 4) is 0 Å². The van der Waals surface area contributed by atoms with E-state index in [4.69, 9.17) is 19.7 Å². The number of halogens is 1. The Bertz CT molecular complexity index is 953. The molecule has 0 bridgehead atoms. The number of rotatable bonds is 6. The number of ether oxygens (including phenoxy) is 1. The fourth-order valence-corrected chi connectivity index (χ4v) is 4.11. The summed E-state index contributed by atoms with van der Waals surface area (Å²) in [5.41, 5.74) is 3.54. The molecule has 0 saturated carbocycles.